The van der Waals surface area contributed by atoms with Gasteiger partial charge in [-0.2, -0.15) is 0 Å². The SMILES string of the molecule is CCN(C(=N)c1nccs1)C(C)(Cc1ccc(F)c(F)c1F)NC(=O)OC(C)(C)C. The van der Waals surface area contributed by atoms with E-state index in [-0.39, 0.29) is 24.4 Å². The van der Waals surface area contributed by atoms with Gasteiger partial charge < -0.3 is 9.64 Å². The molecule has 2 aromatic rings. The highest BCUT2D eigenvalue weighted by atomic mass is 32.1. The molecule has 1 heterocycles. The molecule has 0 saturated carbocycles. The summed E-state index contributed by atoms with van der Waals surface area (Å²) in [7, 11) is 0. The second kappa shape index (κ2) is 9.03. The highest BCUT2D eigenvalue weighted by Crippen LogP contribution is 2.25. The fraction of sp³-hybridized carbons (Fsp3) is 0.450. The number of benzene rings is 1. The summed E-state index contributed by atoms with van der Waals surface area (Å²) >= 11 is 1.23. The van der Waals surface area contributed by atoms with E-state index >= 15 is 0 Å². The maximum atomic E-state index is 14.4. The summed E-state index contributed by atoms with van der Waals surface area (Å²) in [6.07, 6.45) is 0.491. The Balaban J connectivity index is 2.46. The van der Waals surface area contributed by atoms with Gasteiger partial charge in [-0.1, -0.05) is 6.07 Å². The lowest BCUT2D eigenvalue weighted by Crippen LogP contribution is -2.62. The van der Waals surface area contributed by atoms with E-state index < -0.39 is 34.8 Å². The third-order valence-electron chi connectivity index (χ3n) is 4.24. The predicted molar refractivity (Wildman–Crippen MR) is 109 cm³/mol. The molecule has 0 fully saturated rings. The second-order valence-electron chi connectivity index (χ2n) is 7.84. The number of ether oxygens (including phenoxy) is 1. The van der Waals surface area contributed by atoms with Gasteiger partial charge in [-0.3, -0.25) is 10.7 Å². The van der Waals surface area contributed by atoms with Crippen molar-refractivity contribution >= 4 is 23.3 Å². The van der Waals surface area contributed by atoms with E-state index in [2.05, 4.69) is 10.3 Å². The van der Waals surface area contributed by atoms with Gasteiger partial charge in [0.15, 0.2) is 28.3 Å². The van der Waals surface area contributed by atoms with Crippen molar-refractivity contribution in [2.75, 3.05) is 6.54 Å². The van der Waals surface area contributed by atoms with Gasteiger partial charge in [0.05, 0.1) is 0 Å². The van der Waals surface area contributed by atoms with E-state index in [1.165, 1.54) is 22.4 Å². The molecule has 0 bridgehead atoms. The number of carbonyl (C=O) groups is 1. The first-order valence-corrected chi connectivity index (χ1v) is 10.2. The molecular weight excluding hydrogens is 417 g/mol. The summed E-state index contributed by atoms with van der Waals surface area (Å²) in [5, 5.41) is 13.3. The summed E-state index contributed by atoms with van der Waals surface area (Å²) in [4.78, 5) is 18.1. The van der Waals surface area contributed by atoms with Crippen molar-refractivity contribution in [1.82, 2.24) is 15.2 Å². The lowest BCUT2D eigenvalue weighted by Gasteiger charge is -2.42. The summed E-state index contributed by atoms with van der Waals surface area (Å²) in [5.74, 6) is -4.25. The molecular formula is C20H25F3N4O2S. The number of alkyl carbamates (subject to hydrolysis) is 1. The van der Waals surface area contributed by atoms with Crippen molar-refractivity contribution in [3.63, 3.8) is 0 Å². The average Bonchev–Trinajstić information content (AvgIpc) is 3.15. The number of rotatable bonds is 6. The molecule has 6 nitrogen and oxygen atoms in total. The predicted octanol–water partition coefficient (Wildman–Crippen LogP) is 4.69. The quantitative estimate of drug-likeness (QED) is 0.294. The van der Waals surface area contributed by atoms with Crippen LogP contribution in [0.4, 0.5) is 18.0 Å². The van der Waals surface area contributed by atoms with Gasteiger partial charge in [-0.05, 0) is 46.2 Å². The van der Waals surface area contributed by atoms with Gasteiger partial charge in [0.2, 0.25) is 0 Å². The van der Waals surface area contributed by atoms with Crippen molar-refractivity contribution in [1.29, 1.82) is 5.41 Å². The molecule has 0 aliphatic rings. The van der Waals surface area contributed by atoms with Crippen molar-refractivity contribution in [2.45, 2.75) is 52.3 Å². The number of nitrogens with one attached hydrogen (secondary N) is 2. The zero-order valence-corrected chi connectivity index (χ0v) is 18.3. The van der Waals surface area contributed by atoms with E-state index in [0.29, 0.717) is 5.01 Å². The summed E-state index contributed by atoms with van der Waals surface area (Å²) in [5.41, 5.74) is -2.35. The standard InChI is InChI=1S/C20H25F3N4O2S/c1-6-27(16(24)17-25-9-10-30-17)20(5,26-18(28)29-19(2,3)4)11-12-7-8-13(21)15(23)14(12)22/h7-10,24H,6,11H2,1-5H3,(H,26,28). The first-order chi connectivity index (χ1) is 13.9. The lowest BCUT2D eigenvalue weighted by atomic mass is 9.98. The van der Waals surface area contributed by atoms with E-state index in [1.54, 1.807) is 40.0 Å². The van der Waals surface area contributed by atoms with Crippen LogP contribution in [0.25, 0.3) is 0 Å². The number of halogens is 3. The van der Waals surface area contributed by atoms with Gasteiger partial charge in [0.25, 0.3) is 0 Å². The number of amidine groups is 1. The maximum absolute atomic E-state index is 14.4. The van der Waals surface area contributed by atoms with Crippen molar-refractivity contribution in [3.05, 3.63) is 51.7 Å². The van der Waals surface area contributed by atoms with E-state index in [4.69, 9.17) is 10.1 Å². The summed E-state index contributed by atoms with van der Waals surface area (Å²) in [6.45, 7) is 8.62. The molecule has 0 aliphatic carbocycles. The van der Waals surface area contributed by atoms with Crippen molar-refractivity contribution in [2.24, 2.45) is 0 Å². The molecule has 10 heteroatoms. The Morgan fingerprint density at radius 3 is 2.43 bits per heavy atom. The average molecular weight is 443 g/mol. The zero-order valence-electron chi connectivity index (χ0n) is 17.5. The number of amides is 1. The number of thiazole rings is 1. The van der Waals surface area contributed by atoms with Gasteiger partial charge in [0.1, 0.15) is 11.3 Å². The minimum absolute atomic E-state index is 0.00551. The van der Waals surface area contributed by atoms with E-state index in [0.717, 1.165) is 12.1 Å². The molecule has 1 aromatic carbocycles. The first-order valence-electron chi connectivity index (χ1n) is 9.27. The fourth-order valence-corrected chi connectivity index (χ4v) is 3.61. The van der Waals surface area contributed by atoms with E-state index in [1.807, 2.05) is 0 Å². The normalized spacial score (nSPS) is 13.5. The van der Waals surface area contributed by atoms with Crippen LogP contribution in [-0.2, 0) is 11.2 Å². The Morgan fingerprint density at radius 1 is 1.23 bits per heavy atom. The zero-order chi connectivity index (χ0) is 22.7. The fourth-order valence-electron chi connectivity index (χ4n) is 3.01. The number of aromatic nitrogens is 1. The van der Waals surface area contributed by atoms with Crippen LogP contribution >= 0.6 is 11.3 Å². The van der Waals surface area contributed by atoms with Crippen LogP contribution in [0.15, 0.2) is 23.7 Å². The van der Waals surface area contributed by atoms with Crippen LogP contribution in [0.5, 0.6) is 0 Å². The Morgan fingerprint density at radius 2 is 1.90 bits per heavy atom. The molecule has 1 aromatic heterocycles. The molecule has 1 amide bonds. The number of likely N-dealkylation sites (N-methyl/N-ethyl adjacent to an activating group) is 1. The molecule has 0 radical (unpaired) electrons. The molecule has 2 rings (SSSR count). The lowest BCUT2D eigenvalue weighted by molar-refractivity contribution is 0.0351. The van der Waals surface area contributed by atoms with E-state index in [9.17, 15) is 18.0 Å². The number of nitrogens with zero attached hydrogens (tertiary/aromatic N) is 2. The van der Waals surface area contributed by atoms with Crippen LogP contribution in [-0.4, -0.2) is 39.6 Å². The van der Waals surface area contributed by atoms with Gasteiger partial charge in [-0.25, -0.2) is 22.9 Å². The van der Waals surface area contributed by atoms with Gasteiger partial charge in [0, 0.05) is 24.5 Å². The van der Waals surface area contributed by atoms with Crippen molar-refractivity contribution < 1.29 is 22.7 Å². The maximum Gasteiger partial charge on any atom is 0.409 e. The molecule has 2 N–H and O–H groups in total. The molecule has 0 spiro atoms. The van der Waals surface area contributed by atoms with Crippen LogP contribution in [0, 0.1) is 22.9 Å². The minimum atomic E-state index is -1.59. The third-order valence-corrected chi connectivity index (χ3v) is 5.02. The smallest absolute Gasteiger partial charge is 0.409 e. The highest BCUT2D eigenvalue weighted by molar-refractivity contribution is 7.11. The number of hydrogen-bond donors (Lipinski definition) is 2. The van der Waals surface area contributed by atoms with Crippen LogP contribution in [0.2, 0.25) is 0 Å². The number of carbonyl (C=O) groups excluding carboxylic acids is 1. The molecule has 0 saturated heterocycles. The first kappa shape index (κ1) is 23.7. The third kappa shape index (κ3) is 5.50. The van der Waals surface area contributed by atoms with Gasteiger partial charge in [-0.15, -0.1) is 11.3 Å². The largest absolute Gasteiger partial charge is 0.444 e. The molecule has 1 atom stereocenters. The topological polar surface area (TPSA) is 78.3 Å². The van der Waals surface area contributed by atoms with Crippen LogP contribution in [0.3, 0.4) is 0 Å². The van der Waals surface area contributed by atoms with Crippen LogP contribution < -0.4 is 5.32 Å². The number of hydrogen-bond acceptors (Lipinski definition) is 5. The Bertz CT molecular complexity index is 916. The Labute approximate surface area is 177 Å². The molecule has 164 valence electrons. The monoisotopic (exact) mass is 442 g/mol. The molecule has 0 aliphatic heterocycles. The Kier molecular flexibility index (Phi) is 7.12. The molecule has 1 unspecified atom stereocenters. The highest BCUT2D eigenvalue weighted by Gasteiger charge is 2.38. The minimum Gasteiger partial charge on any atom is -0.444 e. The van der Waals surface area contributed by atoms with Crippen molar-refractivity contribution in [3.8, 4) is 0 Å². The molecule has 30 heavy (non-hydrogen) atoms. The summed E-state index contributed by atoms with van der Waals surface area (Å²) < 4.78 is 46.9. The van der Waals surface area contributed by atoms with Crippen LogP contribution in [0.1, 0.15) is 45.2 Å². The second-order valence-corrected chi connectivity index (χ2v) is 8.74. The Hall–Kier alpha value is -2.62. The summed E-state index contributed by atoms with van der Waals surface area (Å²) in [6, 6.07) is 1.94. The van der Waals surface area contributed by atoms with Gasteiger partial charge >= 0.3 is 6.09 Å².